The molecule has 2 aromatic rings. The summed E-state index contributed by atoms with van der Waals surface area (Å²) in [5.74, 6) is 0.452. The topological polar surface area (TPSA) is 52.6 Å². The molecule has 1 atom stereocenters. The lowest BCUT2D eigenvalue weighted by molar-refractivity contribution is -0.131. The Morgan fingerprint density at radius 1 is 1.19 bits per heavy atom. The van der Waals surface area contributed by atoms with Crippen LogP contribution in [0.1, 0.15) is 35.4 Å². The predicted molar refractivity (Wildman–Crippen MR) is 76.5 cm³/mol. The molecule has 3 rings (SSSR count). The summed E-state index contributed by atoms with van der Waals surface area (Å²) >= 11 is 0. The van der Waals surface area contributed by atoms with Gasteiger partial charge in [0.25, 0.3) is 0 Å². The number of Topliss-reactive ketones (excluding diaryl/α,β-unsaturated/α-hetero) is 1. The van der Waals surface area contributed by atoms with Gasteiger partial charge in [0.2, 0.25) is 0 Å². The maximum atomic E-state index is 12.3. The molecule has 1 aliphatic rings. The van der Waals surface area contributed by atoms with Crippen LogP contribution >= 0.6 is 0 Å². The first-order valence-corrected chi connectivity index (χ1v) is 6.71. The number of rotatable bonds is 2. The summed E-state index contributed by atoms with van der Waals surface area (Å²) in [5.41, 5.74) is 1.43. The van der Waals surface area contributed by atoms with Crippen LogP contribution in [-0.2, 0) is 4.79 Å². The van der Waals surface area contributed by atoms with Crippen LogP contribution in [0.15, 0.2) is 48.5 Å². The summed E-state index contributed by atoms with van der Waals surface area (Å²) in [5, 5.41) is 0. The van der Waals surface area contributed by atoms with E-state index >= 15 is 0 Å². The minimum Gasteiger partial charge on any atom is -0.484 e. The number of carbonyl (C=O) groups excluding carboxylic acids is 2. The molecule has 2 aromatic carbocycles. The van der Waals surface area contributed by atoms with Crippen LogP contribution in [0.5, 0.6) is 11.5 Å². The molecule has 0 bridgehead atoms. The van der Waals surface area contributed by atoms with Crippen molar-refractivity contribution in [3.8, 4) is 11.5 Å². The Bertz CT molecular complexity index is 691. The van der Waals surface area contributed by atoms with Crippen LogP contribution in [0.3, 0.4) is 0 Å². The molecule has 4 nitrogen and oxygen atoms in total. The van der Waals surface area contributed by atoms with Gasteiger partial charge in [-0.05, 0) is 23.8 Å². The number of esters is 1. The molecule has 0 radical (unpaired) electrons. The lowest BCUT2D eigenvalue weighted by Crippen LogP contribution is -2.20. The fraction of sp³-hybridized carbons (Fsp3) is 0.176. The van der Waals surface area contributed by atoms with E-state index in [2.05, 4.69) is 0 Å². The summed E-state index contributed by atoms with van der Waals surface area (Å²) in [4.78, 5) is 23.2. The monoisotopic (exact) mass is 282 g/mol. The molecule has 1 heterocycles. The second-order valence-corrected chi connectivity index (χ2v) is 4.90. The zero-order valence-corrected chi connectivity index (χ0v) is 11.5. The number of hydrogen-bond donors (Lipinski definition) is 0. The van der Waals surface area contributed by atoms with Gasteiger partial charge in [0.15, 0.2) is 5.78 Å². The Morgan fingerprint density at radius 3 is 2.67 bits per heavy atom. The summed E-state index contributed by atoms with van der Waals surface area (Å²) in [6, 6.07) is 14.5. The quantitative estimate of drug-likeness (QED) is 0.626. The largest absolute Gasteiger partial charge is 0.484 e. The number of ketones is 1. The fourth-order valence-electron chi connectivity index (χ4n) is 2.39. The van der Waals surface area contributed by atoms with E-state index in [-0.39, 0.29) is 18.3 Å². The van der Waals surface area contributed by atoms with Crippen LogP contribution in [0.2, 0.25) is 0 Å². The molecule has 0 aliphatic carbocycles. The highest BCUT2D eigenvalue weighted by molar-refractivity contribution is 6.00. The summed E-state index contributed by atoms with van der Waals surface area (Å²) in [6.45, 7) is 1.32. The Balaban J connectivity index is 1.90. The SMILES string of the molecule is CC(=O)Oc1ccc2c(c1)C(=O)CC(c1ccccc1)O2. The van der Waals surface area contributed by atoms with E-state index < -0.39 is 5.97 Å². The summed E-state index contributed by atoms with van der Waals surface area (Å²) < 4.78 is 10.9. The molecule has 0 amide bonds. The maximum Gasteiger partial charge on any atom is 0.308 e. The number of fused-ring (bicyclic) bond motifs is 1. The van der Waals surface area contributed by atoms with Gasteiger partial charge in [0.1, 0.15) is 17.6 Å². The third-order valence-electron chi connectivity index (χ3n) is 3.32. The molecule has 0 fully saturated rings. The number of ether oxygens (including phenoxy) is 2. The van der Waals surface area contributed by atoms with E-state index in [1.807, 2.05) is 30.3 Å². The highest BCUT2D eigenvalue weighted by atomic mass is 16.5. The zero-order valence-electron chi connectivity index (χ0n) is 11.5. The summed E-state index contributed by atoms with van der Waals surface area (Å²) in [6.07, 6.45) is 0.00588. The first kappa shape index (κ1) is 13.4. The normalized spacial score (nSPS) is 16.8. The van der Waals surface area contributed by atoms with Crippen molar-refractivity contribution in [2.45, 2.75) is 19.4 Å². The molecule has 106 valence electrons. The summed E-state index contributed by atoms with van der Waals surface area (Å²) in [7, 11) is 0. The van der Waals surface area contributed by atoms with E-state index in [0.29, 0.717) is 17.1 Å². The molecular formula is C17H14O4. The van der Waals surface area contributed by atoms with Crippen molar-refractivity contribution in [2.75, 3.05) is 0 Å². The molecule has 4 heteroatoms. The molecule has 0 aromatic heterocycles. The molecule has 0 spiro atoms. The first-order chi connectivity index (χ1) is 10.1. The Hall–Kier alpha value is -2.62. The highest BCUT2D eigenvalue weighted by Crippen LogP contribution is 2.36. The van der Waals surface area contributed by atoms with Crippen LogP contribution in [0.25, 0.3) is 0 Å². The van der Waals surface area contributed by atoms with Gasteiger partial charge in [-0.3, -0.25) is 9.59 Å². The number of carbonyl (C=O) groups is 2. The third kappa shape index (κ3) is 2.79. The molecule has 0 saturated carbocycles. The van der Waals surface area contributed by atoms with E-state index in [1.165, 1.54) is 6.92 Å². The smallest absolute Gasteiger partial charge is 0.308 e. The Labute approximate surface area is 122 Å². The standard InChI is InChI=1S/C17H14O4/c1-11(18)20-13-7-8-16-14(9-13)15(19)10-17(21-16)12-5-3-2-4-6-12/h2-9,17H,10H2,1H3. The molecule has 0 saturated heterocycles. The number of benzene rings is 2. The van der Waals surface area contributed by atoms with Crippen molar-refractivity contribution in [1.82, 2.24) is 0 Å². The first-order valence-electron chi connectivity index (χ1n) is 6.71. The van der Waals surface area contributed by atoms with E-state index in [9.17, 15) is 9.59 Å². The van der Waals surface area contributed by atoms with Gasteiger partial charge in [-0.15, -0.1) is 0 Å². The van der Waals surface area contributed by atoms with Crippen molar-refractivity contribution < 1.29 is 19.1 Å². The Morgan fingerprint density at radius 2 is 1.95 bits per heavy atom. The molecule has 0 N–H and O–H groups in total. The minimum absolute atomic E-state index is 0.0147. The molecular weight excluding hydrogens is 268 g/mol. The highest BCUT2D eigenvalue weighted by Gasteiger charge is 2.28. The molecule has 21 heavy (non-hydrogen) atoms. The molecule has 1 unspecified atom stereocenters. The van der Waals surface area contributed by atoms with Gasteiger partial charge in [-0.2, -0.15) is 0 Å². The van der Waals surface area contributed by atoms with Crippen molar-refractivity contribution in [1.29, 1.82) is 0 Å². The molecule has 1 aliphatic heterocycles. The lowest BCUT2D eigenvalue weighted by Gasteiger charge is -2.25. The van der Waals surface area contributed by atoms with E-state index in [0.717, 1.165) is 5.56 Å². The van der Waals surface area contributed by atoms with E-state index in [4.69, 9.17) is 9.47 Å². The second kappa shape index (κ2) is 5.40. The van der Waals surface area contributed by atoms with Gasteiger partial charge in [-0.25, -0.2) is 0 Å². The second-order valence-electron chi connectivity index (χ2n) is 4.90. The fourth-order valence-corrected chi connectivity index (χ4v) is 2.39. The lowest BCUT2D eigenvalue weighted by atomic mass is 9.96. The average Bonchev–Trinajstić information content (AvgIpc) is 2.48. The number of hydrogen-bond acceptors (Lipinski definition) is 4. The Kier molecular flexibility index (Phi) is 3.44. The minimum atomic E-state index is -0.415. The van der Waals surface area contributed by atoms with Gasteiger partial charge < -0.3 is 9.47 Å². The third-order valence-corrected chi connectivity index (χ3v) is 3.32. The van der Waals surface area contributed by atoms with Crippen LogP contribution < -0.4 is 9.47 Å². The average molecular weight is 282 g/mol. The van der Waals surface area contributed by atoms with Crippen LogP contribution in [0, 0.1) is 0 Å². The van der Waals surface area contributed by atoms with Gasteiger partial charge in [0, 0.05) is 6.92 Å². The van der Waals surface area contributed by atoms with Crippen molar-refractivity contribution >= 4 is 11.8 Å². The van der Waals surface area contributed by atoms with Crippen molar-refractivity contribution in [3.05, 3.63) is 59.7 Å². The van der Waals surface area contributed by atoms with Crippen LogP contribution in [0.4, 0.5) is 0 Å². The van der Waals surface area contributed by atoms with Gasteiger partial charge in [0.05, 0.1) is 12.0 Å². The maximum absolute atomic E-state index is 12.3. The van der Waals surface area contributed by atoms with Gasteiger partial charge in [-0.1, -0.05) is 30.3 Å². The zero-order chi connectivity index (χ0) is 14.8. The van der Waals surface area contributed by atoms with E-state index in [1.54, 1.807) is 18.2 Å². The van der Waals surface area contributed by atoms with Crippen molar-refractivity contribution in [3.63, 3.8) is 0 Å². The van der Waals surface area contributed by atoms with Gasteiger partial charge >= 0.3 is 5.97 Å². The van der Waals surface area contributed by atoms with Crippen LogP contribution in [-0.4, -0.2) is 11.8 Å². The predicted octanol–water partition coefficient (Wildman–Crippen LogP) is 3.32. The van der Waals surface area contributed by atoms with Crippen molar-refractivity contribution in [2.24, 2.45) is 0 Å².